The number of benzene rings is 1. The van der Waals surface area contributed by atoms with Crippen molar-refractivity contribution < 1.29 is 19.4 Å². The Morgan fingerprint density at radius 2 is 1.88 bits per heavy atom. The molecule has 0 aromatic heterocycles. The lowest BCUT2D eigenvalue weighted by molar-refractivity contribution is -0.139. The SMILES string of the molecule is COC(=O)N[C@H](C(=O)O)c1ccccc1.S. The number of carboxylic acid groups (broad SMARTS) is 1. The van der Waals surface area contributed by atoms with Gasteiger partial charge in [-0.05, 0) is 5.56 Å². The van der Waals surface area contributed by atoms with Crippen LogP contribution >= 0.6 is 13.5 Å². The molecule has 5 nitrogen and oxygen atoms in total. The third-order valence-electron chi connectivity index (χ3n) is 1.83. The van der Waals surface area contributed by atoms with Gasteiger partial charge >= 0.3 is 12.1 Å². The minimum Gasteiger partial charge on any atom is -0.479 e. The summed E-state index contributed by atoms with van der Waals surface area (Å²) in [6.07, 6.45) is -0.772. The predicted octanol–water partition coefficient (Wildman–Crippen LogP) is 1.28. The van der Waals surface area contributed by atoms with Crippen LogP contribution in [0.15, 0.2) is 30.3 Å². The maximum Gasteiger partial charge on any atom is 0.407 e. The minimum atomic E-state index is -1.13. The fourth-order valence-corrected chi connectivity index (χ4v) is 1.11. The summed E-state index contributed by atoms with van der Waals surface area (Å²) in [7, 11) is 1.18. The standard InChI is InChI=1S/C10H11NO4.H2S/c1-15-10(14)11-8(9(12)13)7-5-3-2-4-6-7;/h2-6,8H,1H3,(H,11,14)(H,12,13);1H2/t8-;/m0./s1. The summed E-state index contributed by atoms with van der Waals surface area (Å²) in [6, 6.07) is 7.32. The molecule has 0 bridgehead atoms. The van der Waals surface area contributed by atoms with Gasteiger partial charge in [-0.25, -0.2) is 9.59 Å². The van der Waals surface area contributed by atoms with Gasteiger partial charge in [-0.3, -0.25) is 0 Å². The van der Waals surface area contributed by atoms with Crippen LogP contribution in [0.1, 0.15) is 11.6 Å². The Hall–Kier alpha value is -1.69. The summed E-state index contributed by atoms with van der Waals surface area (Å²) in [6.45, 7) is 0. The number of nitrogens with one attached hydrogen (secondary N) is 1. The summed E-state index contributed by atoms with van der Waals surface area (Å²) in [5.74, 6) is -1.13. The van der Waals surface area contributed by atoms with Crippen molar-refractivity contribution in [2.45, 2.75) is 6.04 Å². The third-order valence-corrected chi connectivity index (χ3v) is 1.83. The van der Waals surface area contributed by atoms with E-state index in [1.807, 2.05) is 0 Å². The Morgan fingerprint density at radius 1 is 1.31 bits per heavy atom. The van der Waals surface area contributed by atoms with E-state index < -0.39 is 18.1 Å². The Bertz CT molecular complexity index is 355. The topological polar surface area (TPSA) is 75.6 Å². The van der Waals surface area contributed by atoms with Crippen LogP contribution in [-0.2, 0) is 9.53 Å². The molecule has 6 heteroatoms. The van der Waals surface area contributed by atoms with Crippen molar-refractivity contribution in [3.63, 3.8) is 0 Å². The van der Waals surface area contributed by atoms with Crippen LogP contribution in [0.3, 0.4) is 0 Å². The van der Waals surface area contributed by atoms with E-state index in [1.165, 1.54) is 7.11 Å². The third kappa shape index (κ3) is 3.82. The number of methoxy groups -OCH3 is 1. The lowest BCUT2D eigenvalue weighted by Gasteiger charge is -2.13. The van der Waals surface area contributed by atoms with Gasteiger partial charge < -0.3 is 15.2 Å². The second-order valence-electron chi connectivity index (χ2n) is 2.82. The molecule has 1 aromatic rings. The highest BCUT2D eigenvalue weighted by Crippen LogP contribution is 2.12. The van der Waals surface area contributed by atoms with Crippen molar-refractivity contribution in [3.8, 4) is 0 Å². The maximum atomic E-state index is 10.9. The van der Waals surface area contributed by atoms with Gasteiger partial charge in [-0.1, -0.05) is 30.3 Å². The predicted molar refractivity (Wildman–Crippen MR) is 62.7 cm³/mol. The number of carboxylic acids is 1. The van der Waals surface area contributed by atoms with Gasteiger partial charge in [0.15, 0.2) is 6.04 Å². The molecule has 0 fully saturated rings. The number of ether oxygens (including phenoxy) is 1. The Balaban J connectivity index is 0.00000225. The van der Waals surface area contributed by atoms with Crippen LogP contribution in [-0.4, -0.2) is 24.3 Å². The molecule has 1 aromatic carbocycles. The molecule has 0 saturated carbocycles. The molecule has 16 heavy (non-hydrogen) atoms. The Kier molecular flexibility index (Phi) is 6.02. The fraction of sp³-hybridized carbons (Fsp3) is 0.200. The van der Waals surface area contributed by atoms with E-state index in [0.717, 1.165) is 0 Å². The highest BCUT2D eigenvalue weighted by atomic mass is 32.1. The van der Waals surface area contributed by atoms with Gasteiger partial charge in [0.2, 0.25) is 0 Å². The molecule has 0 unspecified atom stereocenters. The molecule has 2 N–H and O–H groups in total. The first kappa shape index (κ1) is 14.3. The minimum absolute atomic E-state index is 0. The molecule has 1 rings (SSSR count). The first-order valence-electron chi connectivity index (χ1n) is 4.27. The summed E-state index contributed by atoms with van der Waals surface area (Å²) in [5.41, 5.74) is 0.496. The van der Waals surface area contributed by atoms with Crippen LogP contribution in [0.25, 0.3) is 0 Å². The van der Waals surface area contributed by atoms with Crippen molar-refractivity contribution in [1.29, 1.82) is 0 Å². The van der Waals surface area contributed by atoms with Gasteiger partial charge in [-0.15, -0.1) is 0 Å². The number of carbonyl (C=O) groups excluding carboxylic acids is 1. The van der Waals surface area contributed by atoms with Crippen LogP contribution in [0, 0.1) is 0 Å². The van der Waals surface area contributed by atoms with Crippen LogP contribution in [0.4, 0.5) is 4.79 Å². The van der Waals surface area contributed by atoms with E-state index in [1.54, 1.807) is 30.3 Å². The monoisotopic (exact) mass is 243 g/mol. The zero-order valence-electron chi connectivity index (χ0n) is 8.64. The summed E-state index contributed by atoms with van der Waals surface area (Å²) < 4.78 is 4.34. The maximum absolute atomic E-state index is 10.9. The summed E-state index contributed by atoms with van der Waals surface area (Å²) in [5, 5.41) is 11.1. The van der Waals surface area contributed by atoms with Crippen LogP contribution in [0.5, 0.6) is 0 Å². The second kappa shape index (κ2) is 6.73. The molecule has 0 aliphatic carbocycles. The molecule has 1 atom stereocenters. The number of amides is 1. The van der Waals surface area contributed by atoms with Crippen LogP contribution in [0.2, 0.25) is 0 Å². The lowest BCUT2D eigenvalue weighted by atomic mass is 10.1. The van der Waals surface area contributed by atoms with Crippen LogP contribution < -0.4 is 5.32 Å². The Morgan fingerprint density at radius 3 is 2.31 bits per heavy atom. The molecule has 0 radical (unpaired) electrons. The average Bonchev–Trinajstić information content (AvgIpc) is 2.26. The first-order chi connectivity index (χ1) is 7.15. The fourth-order valence-electron chi connectivity index (χ4n) is 1.11. The Labute approximate surface area is 99.9 Å². The molecule has 0 saturated heterocycles. The molecule has 88 valence electrons. The number of carbonyl (C=O) groups is 2. The molecule has 0 spiro atoms. The van der Waals surface area contributed by atoms with E-state index in [4.69, 9.17) is 5.11 Å². The first-order valence-corrected chi connectivity index (χ1v) is 4.27. The number of hydrogen-bond donors (Lipinski definition) is 2. The molecular weight excluding hydrogens is 230 g/mol. The van der Waals surface area contributed by atoms with E-state index >= 15 is 0 Å². The van der Waals surface area contributed by atoms with E-state index in [0.29, 0.717) is 5.56 Å². The molecular formula is C10H13NO4S. The van der Waals surface area contributed by atoms with Crippen molar-refractivity contribution in [3.05, 3.63) is 35.9 Å². The highest BCUT2D eigenvalue weighted by Gasteiger charge is 2.21. The van der Waals surface area contributed by atoms with Gasteiger partial charge in [0, 0.05) is 0 Å². The van der Waals surface area contributed by atoms with E-state index in [9.17, 15) is 9.59 Å². The van der Waals surface area contributed by atoms with E-state index in [-0.39, 0.29) is 13.5 Å². The number of hydrogen-bond acceptors (Lipinski definition) is 3. The zero-order valence-corrected chi connectivity index (χ0v) is 9.64. The lowest BCUT2D eigenvalue weighted by Crippen LogP contribution is -2.33. The molecule has 0 aliphatic heterocycles. The van der Waals surface area contributed by atoms with Gasteiger partial charge in [-0.2, -0.15) is 13.5 Å². The largest absolute Gasteiger partial charge is 0.479 e. The van der Waals surface area contributed by atoms with Crippen molar-refractivity contribution >= 4 is 25.6 Å². The average molecular weight is 243 g/mol. The smallest absolute Gasteiger partial charge is 0.407 e. The molecule has 0 aliphatic rings. The molecule has 1 amide bonds. The molecule has 0 heterocycles. The highest BCUT2D eigenvalue weighted by molar-refractivity contribution is 7.59. The zero-order chi connectivity index (χ0) is 11.3. The summed E-state index contributed by atoms with van der Waals surface area (Å²) in [4.78, 5) is 21.8. The van der Waals surface area contributed by atoms with Gasteiger partial charge in [0.05, 0.1) is 7.11 Å². The summed E-state index contributed by atoms with van der Waals surface area (Å²) >= 11 is 0. The van der Waals surface area contributed by atoms with Gasteiger partial charge in [0.1, 0.15) is 0 Å². The van der Waals surface area contributed by atoms with Crippen molar-refractivity contribution in [1.82, 2.24) is 5.32 Å². The number of aliphatic carboxylic acids is 1. The number of rotatable bonds is 3. The number of alkyl carbamates (subject to hydrolysis) is 1. The second-order valence-corrected chi connectivity index (χ2v) is 2.82. The van der Waals surface area contributed by atoms with Gasteiger partial charge in [0.25, 0.3) is 0 Å². The van der Waals surface area contributed by atoms with E-state index in [2.05, 4.69) is 10.1 Å². The van der Waals surface area contributed by atoms with Crippen molar-refractivity contribution in [2.75, 3.05) is 7.11 Å². The normalized spacial score (nSPS) is 10.8. The quantitative estimate of drug-likeness (QED) is 0.838. The van der Waals surface area contributed by atoms with Crippen molar-refractivity contribution in [2.24, 2.45) is 0 Å².